The second-order valence-corrected chi connectivity index (χ2v) is 11.8. The molecular weight excluding hydrogens is 891 g/mol. The van der Waals surface area contributed by atoms with Gasteiger partial charge in [-0.1, -0.05) is 91.0 Å². The Morgan fingerprint density at radius 2 is 0.444 bits per heavy atom. The second-order valence-electron chi connectivity index (χ2n) is 11.8. The molecule has 0 saturated heterocycles. The van der Waals surface area contributed by atoms with Crippen LogP contribution in [0, 0.1) is 0 Å². The van der Waals surface area contributed by atoms with E-state index < -0.39 is 0 Å². The third-order valence-corrected chi connectivity index (χ3v) is 10.1. The Hall–Kier alpha value is -0.270. The van der Waals surface area contributed by atoms with Gasteiger partial charge in [-0.2, -0.15) is 0 Å². The number of quaternary nitrogens is 3. The van der Waals surface area contributed by atoms with Gasteiger partial charge in [-0.05, 0) is 62.3 Å². The van der Waals surface area contributed by atoms with Gasteiger partial charge >= 0.3 is 0 Å². The number of hydrogen-bond donors (Lipinski definition) is 0. The van der Waals surface area contributed by atoms with Crippen molar-refractivity contribution in [3.63, 3.8) is 0 Å². The average Bonchev–Trinajstić information content (AvgIpc) is 3.07. The Balaban J connectivity index is -0.000000569. The molecule has 0 aliphatic rings. The first-order chi connectivity index (χ1) is 20.3. The molecule has 0 amide bonds. The molecule has 0 radical (unpaired) electrons. The maximum atomic E-state index is 2.29. The fourth-order valence-electron chi connectivity index (χ4n) is 5.93. The van der Waals surface area contributed by atoms with E-state index in [9.17, 15) is 0 Å². The van der Waals surface area contributed by atoms with Gasteiger partial charge < -0.3 is 85.4 Å². The number of benzene rings is 3. The van der Waals surface area contributed by atoms with E-state index >= 15 is 0 Å². The predicted octanol–water partition coefficient (Wildman–Crippen LogP) is 0.201. The first-order valence-electron chi connectivity index (χ1n) is 17.0. The third kappa shape index (κ3) is 17.6. The molecule has 0 unspecified atom stereocenters. The fraction of sp³-hybridized carbons (Fsp3) is 0.538. The van der Waals surface area contributed by atoms with Gasteiger partial charge in [0.1, 0.15) is 19.6 Å². The van der Waals surface area contributed by atoms with Crippen LogP contribution >= 0.6 is 0 Å². The van der Waals surface area contributed by atoms with E-state index in [1.807, 2.05) is 0 Å². The SMILES string of the molecule is CC[N+](CC)(CC)Cc1ccccc1.CC[N+](CC)(CC)Cc1ccccc1.CC[N+](CC)(CC)Cc1ccccc1.[I-].[I-].[I-]. The van der Waals surface area contributed by atoms with E-state index in [4.69, 9.17) is 0 Å². The largest absolute Gasteiger partial charge is 1.00 e. The Morgan fingerprint density at radius 3 is 0.578 bits per heavy atom. The molecule has 258 valence electrons. The molecule has 0 aliphatic carbocycles. The van der Waals surface area contributed by atoms with Gasteiger partial charge in [-0.25, -0.2) is 0 Å². The topological polar surface area (TPSA) is 0 Å². The molecule has 3 nitrogen and oxygen atoms in total. The lowest BCUT2D eigenvalue weighted by Crippen LogP contribution is -3.00. The van der Waals surface area contributed by atoms with Crippen LogP contribution in [-0.4, -0.2) is 72.4 Å². The molecule has 3 rings (SSSR count). The summed E-state index contributed by atoms with van der Waals surface area (Å²) in [6, 6.07) is 32.4. The van der Waals surface area contributed by atoms with Crippen LogP contribution < -0.4 is 71.9 Å². The van der Waals surface area contributed by atoms with Crippen molar-refractivity contribution < 1.29 is 85.4 Å². The Labute approximate surface area is 331 Å². The fourth-order valence-corrected chi connectivity index (χ4v) is 5.93. The highest BCUT2D eigenvalue weighted by Gasteiger charge is 2.22. The van der Waals surface area contributed by atoms with Crippen molar-refractivity contribution in [1.82, 2.24) is 0 Å². The third-order valence-electron chi connectivity index (χ3n) is 10.1. The second kappa shape index (κ2) is 27.7. The zero-order valence-corrected chi connectivity index (χ0v) is 36.6. The van der Waals surface area contributed by atoms with Crippen LogP contribution in [0.3, 0.4) is 0 Å². The van der Waals surface area contributed by atoms with Crippen LogP contribution in [0.2, 0.25) is 0 Å². The summed E-state index contributed by atoms with van der Waals surface area (Å²) in [5, 5.41) is 0. The average molecular weight is 958 g/mol. The predicted molar refractivity (Wildman–Crippen MR) is 186 cm³/mol. The highest BCUT2D eigenvalue weighted by Crippen LogP contribution is 2.15. The summed E-state index contributed by atoms with van der Waals surface area (Å²) in [4.78, 5) is 0. The van der Waals surface area contributed by atoms with Crippen molar-refractivity contribution in [3.8, 4) is 0 Å². The van der Waals surface area contributed by atoms with E-state index in [-0.39, 0.29) is 71.9 Å². The van der Waals surface area contributed by atoms with Gasteiger partial charge in [0.15, 0.2) is 0 Å². The molecule has 3 aromatic rings. The van der Waals surface area contributed by atoms with Gasteiger partial charge in [0, 0.05) is 16.7 Å². The van der Waals surface area contributed by atoms with Crippen molar-refractivity contribution in [1.29, 1.82) is 0 Å². The van der Waals surface area contributed by atoms with E-state index in [1.165, 1.54) is 109 Å². The van der Waals surface area contributed by atoms with Crippen molar-refractivity contribution in [2.45, 2.75) is 81.9 Å². The number of nitrogens with zero attached hydrogens (tertiary/aromatic N) is 3. The van der Waals surface area contributed by atoms with Gasteiger partial charge in [-0.15, -0.1) is 0 Å². The molecule has 0 spiro atoms. The molecule has 45 heavy (non-hydrogen) atoms. The number of hydrogen-bond acceptors (Lipinski definition) is 0. The molecular formula is C39H66I3N3. The Morgan fingerprint density at radius 1 is 0.289 bits per heavy atom. The van der Waals surface area contributed by atoms with Gasteiger partial charge in [0.05, 0.1) is 58.9 Å². The molecule has 0 fully saturated rings. The molecule has 0 N–H and O–H groups in total. The summed E-state index contributed by atoms with van der Waals surface area (Å²) >= 11 is 0. The Bertz CT molecular complexity index is 875. The minimum Gasteiger partial charge on any atom is -1.00 e. The quantitative estimate of drug-likeness (QED) is 0.151. The Kier molecular flexibility index (Phi) is 30.2. The summed E-state index contributed by atoms with van der Waals surface area (Å²) in [6.45, 7) is 35.1. The molecule has 3 aromatic carbocycles. The zero-order chi connectivity index (χ0) is 31.3. The standard InChI is InChI=1S/3C13H22N.3HI/c3*1-4-14(5-2,6-3)12-13-10-8-7-9-11-13;;;/h3*7-11H,4-6,12H2,1-3H3;3*1H/q3*+1;;;/p-3. The summed E-state index contributed by atoms with van der Waals surface area (Å²) < 4.78 is 3.60. The molecule has 6 heteroatoms. The molecule has 0 bridgehead atoms. The molecule has 0 saturated carbocycles. The van der Waals surface area contributed by atoms with Crippen LogP contribution in [0.15, 0.2) is 91.0 Å². The first-order valence-corrected chi connectivity index (χ1v) is 17.0. The van der Waals surface area contributed by atoms with E-state index in [0.717, 1.165) is 0 Å². The normalized spacial score (nSPS) is 10.9. The van der Waals surface area contributed by atoms with Crippen molar-refractivity contribution in [2.75, 3.05) is 58.9 Å². The highest BCUT2D eigenvalue weighted by atomic mass is 127. The molecule has 0 aliphatic heterocycles. The lowest BCUT2D eigenvalue weighted by molar-refractivity contribution is -0.936. The van der Waals surface area contributed by atoms with Crippen LogP contribution in [0.5, 0.6) is 0 Å². The minimum atomic E-state index is 0. The van der Waals surface area contributed by atoms with E-state index in [1.54, 1.807) is 0 Å². The summed E-state index contributed by atoms with van der Waals surface area (Å²) in [6.07, 6.45) is 0. The zero-order valence-electron chi connectivity index (χ0n) is 30.1. The van der Waals surface area contributed by atoms with Crippen molar-refractivity contribution in [3.05, 3.63) is 108 Å². The highest BCUT2D eigenvalue weighted by molar-refractivity contribution is 5.14. The molecule has 0 heterocycles. The van der Waals surface area contributed by atoms with Gasteiger partial charge in [-0.3, -0.25) is 0 Å². The lowest BCUT2D eigenvalue weighted by Gasteiger charge is -2.35. The summed E-state index contributed by atoms with van der Waals surface area (Å²) in [5.41, 5.74) is 4.37. The maximum absolute atomic E-state index is 2.29. The number of halogens is 3. The first kappa shape index (κ1) is 49.1. The molecule has 0 aromatic heterocycles. The van der Waals surface area contributed by atoms with E-state index in [0.29, 0.717) is 0 Å². The van der Waals surface area contributed by atoms with Crippen LogP contribution in [-0.2, 0) is 19.6 Å². The van der Waals surface area contributed by atoms with Crippen molar-refractivity contribution >= 4 is 0 Å². The minimum absolute atomic E-state index is 0. The summed E-state index contributed by atoms with van der Waals surface area (Å²) in [7, 11) is 0. The van der Waals surface area contributed by atoms with Crippen LogP contribution in [0.4, 0.5) is 0 Å². The smallest absolute Gasteiger partial charge is 0.104 e. The maximum Gasteiger partial charge on any atom is 0.104 e. The number of rotatable bonds is 15. The molecule has 0 atom stereocenters. The lowest BCUT2D eigenvalue weighted by atomic mass is 10.2. The monoisotopic (exact) mass is 957 g/mol. The van der Waals surface area contributed by atoms with Gasteiger partial charge in [0.25, 0.3) is 0 Å². The van der Waals surface area contributed by atoms with Crippen LogP contribution in [0.1, 0.15) is 79.0 Å². The van der Waals surface area contributed by atoms with Gasteiger partial charge in [0.2, 0.25) is 0 Å². The van der Waals surface area contributed by atoms with Crippen molar-refractivity contribution in [2.24, 2.45) is 0 Å². The van der Waals surface area contributed by atoms with E-state index in [2.05, 4.69) is 153 Å². The van der Waals surface area contributed by atoms with Crippen LogP contribution in [0.25, 0.3) is 0 Å². The summed E-state index contributed by atoms with van der Waals surface area (Å²) in [5.74, 6) is 0.